The minimum absolute atomic E-state index is 0.0574. The van der Waals surface area contributed by atoms with Gasteiger partial charge in [0, 0.05) is 31.0 Å². The number of hydrogen-bond donors (Lipinski definition) is 2. The second kappa shape index (κ2) is 11.5. The summed E-state index contributed by atoms with van der Waals surface area (Å²) in [6.45, 7) is 4.47. The average Bonchev–Trinajstić information content (AvgIpc) is 3.41. The van der Waals surface area contributed by atoms with Crippen molar-refractivity contribution in [3.63, 3.8) is 0 Å². The average molecular weight is 456 g/mol. The molecule has 2 amide bonds. The number of benzene rings is 3. The van der Waals surface area contributed by atoms with Crippen LogP contribution in [0.2, 0.25) is 0 Å². The lowest BCUT2D eigenvalue weighted by Gasteiger charge is -2.22. The first kappa shape index (κ1) is 23.6. The van der Waals surface area contributed by atoms with Gasteiger partial charge in [-0.2, -0.15) is 0 Å². The van der Waals surface area contributed by atoms with Crippen molar-refractivity contribution in [1.29, 1.82) is 0 Å². The van der Waals surface area contributed by atoms with Gasteiger partial charge < -0.3 is 15.5 Å². The van der Waals surface area contributed by atoms with Crippen LogP contribution in [0.15, 0.2) is 78.9 Å². The molecule has 3 aromatic rings. The minimum Gasteiger partial charge on any atom is -0.371 e. The maximum absolute atomic E-state index is 13.2. The van der Waals surface area contributed by atoms with E-state index in [9.17, 15) is 9.59 Å². The Hall–Kier alpha value is -3.60. The number of anilines is 2. The molecule has 4 rings (SSSR count). The van der Waals surface area contributed by atoms with Crippen LogP contribution < -0.4 is 15.5 Å². The Morgan fingerprint density at radius 2 is 1.59 bits per heavy atom. The standard InChI is InChI=1S/C29H33N3O2/c1-2-25(23-13-7-4-8-14-23)29(34)31-24-15-16-27(32-19-9-10-20-32)26(21-24)28(33)30-18-17-22-11-5-3-6-12-22/h3-8,11-16,21,25H,2,9-10,17-20H2,1H3,(H,30,33)(H,31,34). The normalized spacial score (nSPS) is 14.0. The molecule has 176 valence electrons. The van der Waals surface area contributed by atoms with Crippen molar-refractivity contribution in [2.45, 2.75) is 38.5 Å². The molecular weight excluding hydrogens is 422 g/mol. The van der Waals surface area contributed by atoms with Crippen LogP contribution in [0.3, 0.4) is 0 Å². The number of nitrogens with one attached hydrogen (secondary N) is 2. The van der Waals surface area contributed by atoms with E-state index in [0.717, 1.165) is 43.6 Å². The molecular formula is C29H33N3O2. The van der Waals surface area contributed by atoms with Crippen molar-refractivity contribution in [1.82, 2.24) is 5.32 Å². The van der Waals surface area contributed by atoms with Crippen LogP contribution in [-0.4, -0.2) is 31.4 Å². The molecule has 5 heteroatoms. The zero-order valence-electron chi connectivity index (χ0n) is 19.8. The highest BCUT2D eigenvalue weighted by molar-refractivity contribution is 6.03. The predicted octanol–water partition coefficient (Wildman–Crippen LogP) is 5.39. The Morgan fingerprint density at radius 1 is 0.912 bits per heavy atom. The number of carbonyl (C=O) groups is 2. The summed E-state index contributed by atoms with van der Waals surface area (Å²) in [5, 5.41) is 6.12. The highest BCUT2D eigenvalue weighted by atomic mass is 16.2. The van der Waals surface area contributed by atoms with Crippen molar-refractivity contribution in [3.8, 4) is 0 Å². The molecule has 1 unspecified atom stereocenters. The van der Waals surface area contributed by atoms with Crippen molar-refractivity contribution >= 4 is 23.2 Å². The number of hydrogen-bond acceptors (Lipinski definition) is 3. The molecule has 5 nitrogen and oxygen atoms in total. The summed E-state index contributed by atoms with van der Waals surface area (Å²) in [5.74, 6) is -0.398. The van der Waals surface area contributed by atoms with E-state index < -0.39 is 0 Å². The molecule has 1 aliphatic heterocycles. The molecule has 0 spiro atoms. The molecule has 34 heavy (non-hydrogen) atoms. The first-order chi connectivity index (χ1) is 16.7. The lowest BCUT2D eigenvalue weighted by atomic mass is 9.95. The molecule has 3 aromatic carbocycles. The second-order valence-corrected chi connectivity index (χ2v) is 8.78. The molecule has 1 heterocycles. The summed E-state index contributed by atoms with van der Waals surface area (Å²) in [7, 11) is 0. The third-order valence-corrected chi connectivity index (χ3v) is 6.42. The SMILES string of the molecule is CCC(C(=O)Nc1ccc(N2CCCC2)c(C(=O)NCCc2ccccc2)c1)c1ccccc1. The molecule has 0 saturated carbocycles. The van der Waals surface area contributed by atoms with E-state index in [2.05, 4.69) is 27.7 Å². The van der Waals surface area contributed by atoms with Gasteiger partial charge >= 0.3 is 0 Å². The zero-order chi connectivity index (χ0) is 23.8. The molecule has 1 atom stereocenters. The van der Waals surface area contributed by atoms with Crippen LogP contribution >= 0.6 is 0 Å². The topological polar surface area (TPSA) is 61.4 Å². The first-order valence-electron chi connectivity index (χ1n) is 12.2. The Kier molecular flexibility index (Phi) is 7.97. The minimum atomic E-state index is -0.234. The summed E-state index contributed by atoms with van der Waals surface area (Å²) >= 11 is 0. The van der Waals surface area contributed by atoms with E-state index in [4.69, 9.17) is 0 Å². The zero-order valence-corrected chi connectivity index (χ0v) is 19.8. The van der Waals surface area contributed by atoms with Crippen LogP contribution in [0, 0.1) is 0 Å². The van der Waals surface area contributed by atoms with Gasteiger partial charge in [-0.1, -0.05) is 67.6 Å². The lowest BCUT2D eigenvalue weighted by Crippen LogP contribution is -2.29. The summed E-state index contributed by atoms with van der Waals surface area (Å²) < 4.78 is 0. The van der Waals surface area contributed by atoms with Gasteiger partial charge in [0.05, 0.1) is 11.5 Å². The quantitative estimate of drug-likeness (QED) is 0.455. The Balaban J connectivity index is 1.50. The molecule has 1 saturated heterocycles. The predicted molar refractivity (Wildman–Crippen MR) is 138 cm³/mol. The lowest BCUT2D eigenvalue weighted by molar-refractivity contribution is -0.117. The van der Waals surface area contributed by atoms with E-state index >= 15 is 0 Å². The van der Waals surface area contributed by atoms with Crippen molar-refractivity contribution in [3.05, 3.63) is 95.6 Å². The van der Waals surface area contributed by atoms with Gasteiger partial charge in [0.25, 0.3) is 5.91 Å². The number of nitrogens with zero attached hydrogens (tertiary/aromatic N) is 1. The van der Waals surface area contributed by atoms with E-state index in [1.54, 1.807) is 0 Å². The van der Waals surface area contributed by atoms with Crippen molar-refractivity contribution in [2.75, 3.05) is 29.9 Å². The molecule has 1 aliphatic rings. The first-order valence-corrected chi connectivity index (χ1v) is 12.2. The Labute approximate surface area is 202 Å². The Morgan fingerprint density at radius 3 is 2.26 bits per heavy atom. The molecule has 0 bridgehead atoms. The maximum atomic E-state index is 13.2. The molecule has 2 N–H and O–H groups in total. The van der Waals surface area contributed by atoms with Crippen molar-refractivity contribution < 1.29 is 9.59 Å². The van der Waals surface area contributed by atoms with E-state index in [0.29, 0.717) is 24.2 Å². The molecule has 0 radical (unpaired) electrons. The monoisotopic (exact) mass is 455 g/mol. The van der Waals surface area contributed by atoms with Crippen LogP contribution in [0.25, 0.3) is 0 Å². The second-order valence-electron chi connectivity index (χ2n) is 8.78. The number of amides is 2. The van der Waals surface area contributed by atoms with Crippen LogP contribution in [-0.2, 0) is 11.2 Å². The van der Waals surface area contributed by atoms with Gasteiger partial charge in [0.1, 0.15) is 0 Å². The third-order valence-electron chi connectivity index (χ3n) is 6.42. The highest BCUT2D eigenvalue weighted by Crippen LogP contribution is 2.29. The number of carbonyl (C=O) groups excluding carboxylic acids is 2. The summed E-state index contributed by atoms with van der Waals surface area (Å²) in [6, 6.07) is 25.7. The van der Waals surface area contributed by atoms with Crippen LogP contribution in [0.4, 0.5) is 11.4 Å². The van der Waals surface area contributed by atoms with Crippen molar-refractivity contribution in [2.24, 2.45) is 0 Å². The van der Waals surface area contributed by atoms with E-state index in [1.807, 2.05) is 73.7 Å². The van der Waals surface area contributed by atoms with Gasteiger partial charge in [-0.05, 0) is 55.0 Å². The summed E-state index contributed by atoms with van der Waals surface area (Å²) in [4.78, 5) is 28.5. The molecule has 0 aliphatic carbocycles. The third kappa shape index (κ3) is 5.84. The Bertz CT molecular complexity index is 1090. The van der Waals surface area contributed by atoms with E-state index in [-0.39, 0.29) is 17.7 Å². The van der Waals surface area contributed by atoms with E-state index in [1.165, 1.54) is 5.56 Å². The van der Waals surface area contributed by atoms with Gasteiger partial charge in [-0.3, -0.25) is 9.59 Å². The molecule has 1 fully saturated rings. The van der Waals surface area contributed by atoms with Gasteiger partial charge in [0.15, 0.2) is 0 Å². The van der Waals surface area contributed by atoms with Crippen LogP contribution in [0.5, 0.6) is 0 Å². The fourth-order valence-corrected chi connectivity index (χ4v) is 4.58. The van der Waals surface area contributed by atoms with Crippen LogP contribution in [0.1, 0.15) is 53.6 Å². The highest BCUT2D eigenvalue weighted by Gasteiger charge is 2.22. The van der Waals surface area contributed by atoms with Gasteiger partial charge in [0.2, 0.25) is 5.91 Å². The number of rotatable bonds is 9. The summed E-state index contributed by atoms with van der Waals surface area (Å²) in [6.07, 6.45) is 3.73. The largest absolute Gasteiger partial charge is 0.371 e. The maximum Gasteiger partial charge on any atom is 0.253 e. The smallest absolute Gasteiger partial charge is 0.253 e. The fourth-order valence-electron chi connectivity index (χ4n) is 4.58. The van der Waals surface area contributed by atoms with Gasteiger partial charge in [-0.15, -0.1) is 0 Å². The fraction of sp³-hybridized carbons (Fsp3) is 0.310. The summed E-state index contributed by atoms with van der Waals surface area (Å²) in [5.41, 5.74) is 4.38. The molecule has 0 aromatic heterocycles. The van der Waals surface area contributed by atoms with Gasteiger partial charge in [-0.25, -0.2) is 0 Å².